The van der Waals surface area contributed by atoms with Crippen LogP contribution in [-0.2, 0) is 101 Å². The molecule has 6 aliphatic heterocycles. The lowest BCUT2D eigenvalue weighted by Crippen LogP contribution is -2.51. The summed E-state index contributed by atoms with van der Waals surface area (Å²) in [5, 5.41) is 80.9. The second kappa shape index (κ2) is 37.4. The van der Waals surface area contributed by atoms with Gasteiger partial charge in [0.15, 0.2) is 59.6 Å². The zero-order chi connectivity index (χ0) is 91.6. The molecule has 5 unspecified atom stereocenters. The van der Waals surface area contributed by atoms with Crippen LogP contribution >= 0.6 is 39.1 Å². The number of ether oxygens (including phenoxy) is 6. The molecule has 0 saturated carbocycles. The van der Waals surface area contributed by atoms with Crippen LogP contribution in [0.5, 0.6) is 0 Å². The average molecular weight is 1900 g/mol. The highest BCUT2D eigenvalue weighted by molar-refractivity contribution is 7.48. The summed E-state index contributed by atoms with van der Waals surface area (Å²) in [5.41, 5.74) is 24.2. The number of aliphatic hydroxyl groups excluding tert-OH is 7. The van der Waals surface area contributed by atoms with Gasteiger partial charge < -0.3 is 128 Å². The summed E-state index contributed by atoms with van der Waals surface area (Å²) in [5.74, 6) is -2.36. The molecule has 127 heavy (non-hydrogen) atoms. The highest BCUT2D eigenvalue weighted by Crippen LogP contribution is 2.56. The van der Waals surface area contributed by atoms with Gasteiger partial charge in [0.2, 0.25) is 5.91 Å². The Labute approximate surface area is 707 Å². The maximum atomic E-state index is 14.6. The Kier molecular flexibility index (Phi) is 27.7. The van der Waals surface area contributed by atoms with Crippen molar-refractivity contribution in [2.75, 3.05) is 87.3 Å². The van der Waals surface area contributed by atoms with Gasteiger partial charge in [0, 0.05) is 45.3 Å². The van der Waals surface area contributed by atoms with Gasteiger partial charge in [-0.05, 0) is 31.2 Å². The largest absolute Gasteiger partial charge is 0.473 e. The zero-order valence-electron chi connectivity index (χ0n) is 65.4. The van der Waals surface area contributed by atoms with Crippen LogP contribution < -0.4 is 61.6 Å². The number of hydrogen-bond acceptors (Lipinski definition) is 49. The number of hydrogen-bond donors (Lipinski definition) is 18. The van der Waals surface area contributed by atoms with Crippen LogP contribution in [0.4, 0.5) is 34.9 Å². The van der Waals surface area contributed by atoms with Crippen molar-refractivity contribution < 1.29 is 161 Å². The minimum atomic E-state index is -5.83. The van der Waals surface area contributed by atoms with E-state index in [1.165, 1.54) is 4.57 Å². The van der Waals surface area contributed by atoms with Gasteiger partial charge >= 0.3 is 61.9 Å². The van der Waals surface area contributed by atoms with Crippen LogP contribution in [0.25, 0.3) is 22.3 Å². The average Bonchev–Trinajstić information content (AvgIpc) is 1.63. The van der Waals surface area contributed by atoms with E-state index in [0.717, 1.165) is 95.0 Å². The predicted octanol–water partition coefficient (Wildman–Crippen LogP) is -7.38. The molecule has 14 rings (SSSR count). The van der Waals surface area contributed by atoms with Crippen molar-refractivity contribution in [1.29, 1.82) is 0 Å². The second-order valence-electron chi connectivity index (χ2n) is 28.9. The van der Waals surface area contributed by atoms with Gasteiger partial charge in [-0.25, -0.2) is 71.9 Å². The normalized spacial score (nSPS) is 31.8. The Balaban J connectivity index is 0.674. The first-order valence-electron chi connectivity index (χ1n) is 37.3. The number of anilines is 6. The maximum Gasteiger partial charge on any atom is 0.473 e. The number of amides is 1. The summed E-state index contributed by atoms with van der Waals surface area (Å²) in [6.07, 6.45) is -36.5. The SMILES string of the molecule is C[C@H](OP(=O)(O)O[C@H]1C[C@H](n2cnc3c(N)ncnc32)O[C@@H]1COP(=O)(O)O[C@H]1[C@@H](O)[C@H](n2ccc(N)nc2=O)O[C@@H]1COP(=O)(O)O[C@H]1[C@@H](O)[C@H](n2ccc(N)nc2=O)O[C@@H]1CO)C(=O)N[C@H]1[C@@H](O)[C@H](n2cnc3c(N(C)C)ncnc32)O[C@@H]1COP(=O)(O)O[C@H]1[C@@H](O)[C@H](n2ccc(N)nc2=O)O[C@@H]1COP(=O)(O)O[C@H]1[C@@H](O)[C@H](n2ccc(N)nc2=O)O[C@@H]1CO. The van der Waals surface area contributed by atoms with E-state index >= 15 is 0 Å². The molecule has 6 aliphatic rings. The van der Waals surface area contributed by atoms with Crippen LogP contribution in [0.2, 0.25) is 0 Å². The Bertz CT molecular complexity index is 5880. The van der Waals surface area contributed by atoms with Gasteiger partial charge in [-0.2, -0.15) is 19.9 Å². The van der Waals surface area contributed by atoms with Gasteiger partial charge in [-0.3, -0.25) is 77.4 Å². The summed E-state index contributed by atoms with van der Waals surface area (Å²) in [7, 11) is -25.4. The van der Waals surface area contributed by atoms with Crippen LogP contribution in [0.3, 0.4) is 0 Å². The molecule has 6 fully saturated rings. The van der Waals surface area contributed by atoms with E-state index in [-0.39, 0.29) is 57.2 Å². The lowest BCUT2D eigenvalue weighted by atomic mass is 10.1. The third-order valence-corrected chi connectivity index (χ3v) is 25.3. The molecule has 23 N–H and O–H groups in total. The van der Waals surface area contributed by atoms with Crippen molar-refractivity contribution >= 4 is 102 Å². The number of nitrogen functional groups attached to an aromatic ring is 5. The quantitative estimate of drug-likeness (QED) is 0.0164. The van der Waals surface area contributed by atoms with Gasteiger partial charge in [0.25, 0.3) is 0 Å². The smallest absolute Gasteiger partial charge is 0.394 e. The molecule has 0 aromatic carbocycles. The lowest BCUT2D eigenvalue weighted by molar-refractivity contribution is -0.130. The van der Waals surface area contributed by atoms with Crippen LogP contribution in [-0.4, -0.2) is 307 Å². The van der Waals surface area contributed by atoms with Crippen molar-refractivity contribution in [1.82, 2.24) is 82.6 Å². The highest BCUT2D eigenvalue weighted by atomic mass is 31.2. The Morgan fingerprint density at radius 2 is 0.819 bits per heavy atom. The molecule has 6 saturated heterocycles. The number of carbonyl (C=O) groups excluding carboxylic acids is 1. The number of carbonyl (C=O) groups is 1. The number of imidazole rings is 2. The van der Waals surface area contributed by atoms with Crippen LogP contribution in [0.1, 0.15) is 50.7 Å². The molecule has 1 amide bonds. The predicted molar refractivity (Wildman–Crippen MR) is 413 cm³/mol. The minimum absolute atomic E-state index is 0.00849. The fourth-order valence-electron chi connectivity index (χ4n) is 14.4. The number of fused-ring (bicyclic) bond motifs is 2. The standard InChI is InChI=1S/C61H82N23O38P5/c1-23(117-127(105,106)118-24-12-35(83-21-71-37-48(66)67-19-69-50(37)83)111-27(24)15-107-123(97,98)121-46-29(115-56(42(46)90)81-10-6-33(64)75-60(81)95)17-109-125(101,102)119-44-25(13-85)112-54(40(44)88)79-8-4-31(62)73-58(79)93)52(92)77-36-28(114-53(39(36)87)84-22-72-38-49(78(2)3)68-20-70-51(38)84)16-108-124(99,100)122-47-30(116-57(43(47)91)82-11-7-34(65)76-61(82)96)18-110-126(103,104)120-45-26(14-86)113-55(41(45)89)80-9-5-32(63)74-59(80)94/h4-11,19-30,35-36,39-47,53-57,85-91H,12-18H2,1-3H3,(H,77,92)(H,97,98)(H,99,100)(H,101,102)(H,103,104)(H,105,106)(H2,62,73,93)(H2,63,74,94)(H2,64,75,95)(H2,65,76,96)(H2,66,67,69)/t23-,24-,25+,26+,27+,28+,29+,30+,35+,36+,39+,40+,41+,42+,43+,44+,45+,46+,47+,53+,54+,55+,56+,57+/m0/s1. The van der Waals surface area contributed by atoms with E-state index in [0.29, 0.717) is 9.13 Å². The Morgan fingerprint density at radius 1 is 0.465 bits per heavy atom. The van der Waals surface area contributed by atoms with E-state index in [1.807, 2.05) is 0 Å². The van der Waals surface area contributed by atoms with Crippen LogP contribution in [0.15, 0.2) is 93.5 Å². The monoisotopic (exact) mass is 1900 g/mol. The first-order valence-corrected chi connectivity index (χ1v) is 44.7. The lowest BCUT2D eigenvalue weighted by Gasteiger charge is -2.27. The molecule has 0 aliphatic carbocycles. The summed E-state index contributed by atoms with van der Waals surface area (Å²) < 4.78 is 164. The molecule has 14 heterocycles. The topological polar surface area (TPSA) is 865 Å². The van der Waals surface area contributed by atoms with E-state index in [9.17, 15) is 107 Å². The number of nitrogens with zero attached hydrogens (tertiary/aromatic N) is 17. The number of rotatable bonds is 35. The molecule has 694 valence electrons. The fraction of sp³-hybridized carbons (Fsp3) is 0.557. The maximum absolute atomic E-state index is 14.6. The highest BCUT2D eigenvalue weighted by Gasteiger charge is 2.57. The van der Waals surface area contributed by atoms with Crippen molar-refractivity contribution in [2.45, 2.75) is 161 Å². The Morgan fingerprint density at radius 3 is 1.23 bits per heavy atom. The van der Waals surface area contributed by atoms with E-state index in [4.69, 9.17) is 102 Å². The number of phosphoric acid groups is 5. The van der Waals surface area contributed by atoms with E-state index < -0.39 is 261 Å². The summed E-state index contributed by atoms with van der Waals surface area (Å²) in [6.45, 7) is -6.06. The first-order chi connectivity index (χ1) is 59.9. The molecular formula is C61H82N23O38P5. The molecule has 61 nitrogen and oxygen atoms in total. The van der Waals surface area contributed by atoms with E-state index in [2.05, 4.69) is 55.2 Å². The number of phosphoric ester groups is 5. The molecule has 0 spiro atoms. The third-order valence-electron chi connectivity index (χ3n) is 20.3. The van der Waals surface area contributed by atoms with Gasteiger partial charge in [-0.15, -0.1) is 0 Å². The number of nitrogens with one attached hydrogen (secondary N) is 1. The number of nitrogens with two attached hydrogens (primary N) is 5. The second-order valence-corrected chi connectivity index (χ2v) is 35.9. The molecule has 0 bridgehead atoms. The van der Waals surface area contributed by atoms with Crippen LogP contribution in [0, 0.1) is 0 Å². The zero-order valence-corrected chi connectivity index (χ0v) is 69.9. The number of aromatic nitrogens is 16. The summed E-state index contributed by atoms with van der Waals surface area (Å²) >= 11 is 0. The first kappa shape index (κ1) is 94.0. The van der Waals surface area contributed by atoms with Gasteiger partial charge in [0.1, 0.15) is 151 Å². The molecular weight excluding hydrogens is 1820 g/mol. The Hall–Kier alpha value is -9.08. The number of aliphatic hydroxyl groups is 7. The summed E-state index contributed by atoms with van der Waals surface area (Å²) in [6, 6.07) is 2.58. The third kappa shape index (κ3) is 20.4. The molecule has 8 aromatic heterocycles. The van der Waals surface area contributed by atoms with E-state index in [1.54, 1.807) is 19.0 Å². The van der Waals surface area contributed by atoms with Gasteiger partial charge in [0.05, 0.1) is 58.3 Å². The molecule has 8 aromatic rings. The van der Waals surface area contributed by atoms with Crippen molar-refractivity contribution in [3.05, 3.63) is 116 Å². The van der Waals surface area contributed by atoms with Gasteiger partial charge in [-0.1, -0.05) is 0 Å². The minimum Gasteiger partial charge on any atom is -0.394 e. The molecule has 29 atom stereocenters. The van der Waals surface area contributed by atoms with Crippen molar-refractivity contribution in [2.24, 2.45) is 0 Å². The molecule has 66 heteroatoms. The van der Waals surface area contributed by atoms with Crippen molar-refractivity contribution in [3.8, 4) is 0 Å². The fourth-order valence-corrected chi connectivity index (χ4v) is 19.3. The molecule has 0 radical (unpaired) electrons. The van der Waals surface area contributed by atoms with Crippen molar-refractivity contribution in [3.63, 3.8) is 0 Å². The summed E-state index contributed by atoms with van der Waals surface area (Å²) in [4.78, 5) is 164.